The Balaban J connectivity index is 1.46. The highest BCUT2D eigenvalue weighted by atomic mass is 19.1. The van der Waals surface area contributed by atoms with Crippen molar-refractivity contribution in [3.63, 3.8) is 0 Å². The summed E-state index contributed by atoms with van der Waals surface area (Å²) in [4.78, 5) is 22.6. The van der Waals surface area contributed by atoms with Crippen molar-refractivity contribution in [1.82, 2.24) is 24.9 Å². The number of amides is 1. The summed E-state index contributed by atoms with van der Waals surface area (Å²) in [5, 5.41) is 16.9. The van der Waals surface area contributed by atoms with Crippen LogP contribution in [0.15, 0.2) is 48.9 Å². The molecular formula is C26H27F2N7O2. The zero-order valence-electron chi connectivity index (χ0n) is 20.4. The largest absolute Gasteiger partial charge is 0.508 e. The van der Waals surface area contributed by atoms with Crippen molar-refractivity contribution < 1.29 is 18.7 Å². The minimum Gasteiger partial charge on any atom is -0.508 e. The smallest absolute Gasteiger partial charge is 0.217 e. The molecule has 0 spiro atoms. The molecule has 11 heteroatoms. The summed E-state index contributed by atoms with van der Waals surface area (Å²) >= 11 is 0. The number of piperidine rings is 1. The lowest BCUT2D eigenvalue weighted by atomic mass is 9.89. The van der Waals surface area contributed by atoms with E-state index in [1.807, 2.05) is 6.07 Å². The van der Waals surface area contributed by atoms with Crippen LogP contribution in [-0.4, -0.2) is 55.8 Å². The SMILES string of the molecule is CC(=O)N[C@@H]1[C@H](N)CN(c2ccncc2Cc2ncc3ccc(-c4c(F)cc(O)cc4F)nn23)C[C@@H]1C. The van der Waals surface area contributed by atoms with Crippen LogP contribution >= 0.6 is 0 Å². The number of fused-ring (bicyclic) bond motifs is 1. The van der Waals surface area contributed by atoms with Gasteiger partial charge in [-0.1, -0.05) is 6.92 Å². The molecule has 5 rings (SSSR count). The molecule has 1 aromatic carbocycles. The van der Waals surface area contributed by atoms with Crippen LogP contribution in [0.2, 0.25) is 0 Å². The normalized spacial score (nSPS) is 19.8. The monoisotopic (exact) mass is 507 g/mol. The minimum absolute atomic E-state index is 0.0769. The molecule has 1 saturated heterocycles. The fourth-order valence-corrected chi connectivity index (χ4v) is 5.03. The molecule has 0 saturated carbocycles. The average molecular weight is 508 g/mol. The van der Waals surface area contributed by atoms with Crippen molar-refractivity contribution in [2.45, 2.75) is 32.4 Å². The van der Waals surface area contributed by atoms with E-state index in [9.17, 15) is 18.7 Å². The van der Waals surface area contributed by atoms with Crippen molar-refractivity contribution in [1.29, 1.82) is 0 Å². The van der Waals surface area contributed by atoms with E-state index in [1.165, 1.54) is 13.0 Å². The van der Waals surface area contributed by atoms with Crippen molar-refractivity contribution in [3.8, 4) is 17.0 Å². The summed E-state index contributed by atoms with van der Waals surface area (Å²) in [5.41, 5.74) is 8.68. The van der Waals surface area contributed by atoms with Gasteiger partial charge in [0.05, 0.1) is 23.0 Å². The molecule has 0 unspecified atom stereocenters. The number of phenolic OH excluding ortho intramolecular Hbond substituents is 1. The zero-order chi connectivity index (χ0) is 26.3. The molecule has 4 aromatic rings. The van der Waals surface area contributed by atoms with Crippen molar-refractivity contribution in [2.24, 2.45) is 11.7 Å². The van der Waals surface area contributed by atoms with Crippen LogP contribution in [0.5, 0.6) is 5.75 Å². The Morgan fingerprint density at radius 1 is 1.19 bits per heavy atom. The molecule has 1 aliphatic rings. The number of nitrogens with zero attached hydrogens (tertiary/aromatic N) is 5. The van der Waals surface area contributed by atoms with Gasteiger partial charge in [0.1, 0.15) is 23.2 Å². The number of carbonyl (C=O) groups excluding carboxylic acids is 1. The lowest BCUT2D eigenvalue weighted by molar-refractivity contribution is -0.120. The van der Waals surface area contributed by atoms with Gasteiger partial charge in [-0.25, -0.2) is 18.3 Å². The number of aromatic nitrogens is 4. The molecule has 0 radical (unpaired) electrons. The molecule has 1 fully saturated rings. The number of pyridine rings is 1. The molecule has 9 nitrogen and oxygen atoms in total. The summed E-state index contributed by atoms with van der Waals surface area (Å²) in [6, 6.07) is 6.45. The van der Waals surface area contributed by atoms with Crippen LogP contribution in [0, 0.1) is 17.6 Å². The van der Waals surface area contributed by atoms with Gasteiger partial charge in [-0.3, -0.25) is 9.78 Å². The van der Waals surface area contributed by atoms with E-state index in [0.717, 1.165) is 23.4 Å². The number of carbonyl (C=O) groups is 1. The van der Waals surface area contributed by atoms with Gasteiger partial charge >= 0.3 is 0 Å². The highest BCUT2D eigenvalue weighted by molar-refractivity contribution is 5.73. The van der Waals surface area contributed by atoms with Gasteiger partial charge in [0.2, 0.25) is 5.91 Å². The van der Waals surface area contributed by atoms with Crippen molar-refractivity contribution in [3.05, 3.63) is 71.9 Å². The second-order valence-corrected chi connectivity index (χ2v) is 9.47. The molecule has 3 atom stereocenters. The number of benzene rings is 1. The molecule has 3 aromatic heterocycles. The molecule has 0 aliphatic carbocycles. The first kappa shape index (κ1) is 24.6. The molecule has 1 aliphatic heterocycles. The summed E-state index contributed by atoms with van der Waals surface area (Å²) in [6.45, 7) is 4.80. The number of aromatic hydroxyl groups is 1. The van der Waals surface area contributed by atoms with Gasteiger partial charge in [-0.05, 0) is 24.1 Å². The Labute approximate surface area is 212 Å². The van der Waals surface area contributed by atoms with Crippen molar-refractivity contribution >= 4 is 17.1 Å². The Hall–Kier alpha value is -4.12. The van der Waals surface area contributed by atoms with E-state index in [4.69, 9.17) is 5.73 Å². The van der Waals surface area contributed by atoms with Gasteiger partial charge in [0.15, 0.2) is 0 Å². The number of hydrogen-bond acceptors (Lipinski definition) is 7. The molecule has 0 bridgehead atoms. The topological polar surface area (TPSA) is 122 Å². The second-order valence-electron chi connectivity index (χ2n) is 9.47. The number of rotatable bonds is 5. The Morgan fingerprint density at radius 3 is 2.65 bits per heavy atom. The van der Waals surface area contributed by atoms with E-state index in [1.54, 1.807) is 29.2 Å². The van der Waals surface area contributed by atoms with Crippen molar-refractivity contribution in [2.75, 3.05) is 18.0 Å². The summed E-state index contributed by atoms with van der Waals surface area (Å²) in [5.74, 6) is -1.73. The van der Waals surface area contributed by atoms with Crippen LogP contribution in [-0.2, 0) is 11.2 Å². The van der Waals surface area contributed by atoms with E-state index in [0.29, 0.717) is 30.9 Å². The Morgan fingerprint density at radius 2 is 1.95 bits per heavy atom. The summed E-state index contributed by atoms with van der Waals surface area (Å²) < 4.78 is 30.5. The highest BCUT2D eigenvalue weighted by Gasteiger charge is 2.33. The van der Waals surface area contributed by atoms with E-state index in [2.05, 4.69) is 32.2 Å². The van der Waals surface area contributed by atoms with Gasteiger partial charge in [-0.15, -0.1) is 0 Å². The number of halogens is 2. The quantitative estimate of drug-likeness (QED) is 0.380. The molecule has 4 heterocycles. The molecule has 192 valence electrons. The highest BCUT2D eigenvalue weighted by Crippen LogP contribution is 2.30. The second kappa shape index (κ2) is 9.74. The Bertz CT molecular complexity index is 1440. The maximum atomic E-state index is 14.5. The zero-order valence-corrected chi connectivity index (χ0v) is 20.4. The van der Waals surface area contributed by atoms with Crippen LogP contribution in [0.4, 0.5) is 14.5 Å². The number of nitrogens with one attached hydrogen (secondary N) is 1. The predicted molar refractivity (Wildman–Crippen MR) is 134 cm³/mol. The molecule has 4 N–H and O–H groups in total. The number of imidazole rings is 1. The number of hydrogen-bond donors (Lipinski definition) is 3. The maximum absolute atomic E-state index is 14.5. The number of phenols is 1. The maximum Gasteiger partial charge on any atom is 0.217 e. The van der Waals surface area contributed by atoms with Crippen LogP contribution in [0.3, 0.4) is 0 Å². The van der Waals surface area contributed by atoms with E-state index >= 15 is 0 Å². The predicted octanol–water partition coefficient (Wildman–Crippen LogP) is 2.65. The third-order valence-electron chi connectivity index (χ3n) is 6.69. The Kier molecular flexibility index (Phi) is 6.46. The van der Waals surface area contributed by atoms with E-state index < -0.39 is 17.4 Å². The summed E-state index contributed by atoms with van der Waals surface area (Å²) in [6.07, 6.45) is 5.48. The summed E-state index contributed by atoms with van der Waals surface area (Å²) in [7, 11) is 0. The van der Waals surface area contributed by atoms with Crippen LogP contribution < -0.4 is 16.0 Å². The lowest BCUT2D eigenvalue weighted by Gasteiger charge is -2.43. The van der Waals surface area contributed by atoms with Crippen LogP contribution in [0.1, 0.15) is 25.2 Å². The lowest BCUT2D eigenvalue weighted by Crippen LogP contribution is -2.61. The molecule has 37 heavy (non-hydrogen) atoms. The minimum atomic E-state index is -0.909. The first-order valence-electron chi connectivity index (χ1n) is 11.9. The van der Waals surface area contributed by atoms with Crippen LogP contribution in [0.25, 0.3) is 16.8 Å². The fourth-order valence-electron chi connectivity index (χ4n) is 5.03. The first-order valence-corrected chi connectivity index (χ1v) is 11.9. The average Bonchev–Trinajstić information content (AvgIpc) is 3.23. The standard InChI is InChI=1S/C26H27F2N7O2/c1-14-12-34(13-21(29)26(14)32-15(2)36)23-5-6-30-10-16(23)7-24-31-11-17-3-4-22(33-35(17)24)25-19(27)8-18(37)9-20(25)28/h3-6,8-11,14,21,26,37H,7,12-13,29H2,1-2H3,(H,32,36)/t14-,21+,26-/m0/s1. The number of anilines is 1. The third kappa shape index (κ3) is 4.82. The molecule has 1 amide bonds. The van der Waals surface area contributed by atoms with Gasteiger partial charge in [0, 0.05) is 74.3 Å². The van der Waals surface area contributed by atoms with Gasteiger partial charge in [-0.2, -0.15) is 5.10 Å². The van der Waals surface area contributed by atoms with Gasteiger partial charge < -0.3 is 21.1 Å². The molecular weight excluding hydrogens is 480 g/mol. The first-order chi connectivity index (χ1) is 17.7. The number of nitrogens with two attached hydrogens (primary N) is 1. The fraction of sp³-hybridized carbons (Fsp3) is 0.308. The van der Waals surface area contributed by atoms with E-state index in [-0.39, 0.29) is 35.2 Å². The third-order valence-corrected chi connectivity index (χ3v) is 6.69. The van der Waals surface area contributed by atoms with Gasteiger partial charge in [0.25, 0.3) is 0 Å².